The van der Waals surface area contributed by atoms with Crippen LogP contribution in [-0.2, 0) is 4.74 Å². The summed E-state index contributed by atoms with van der Waals surface area (Å²) in [5.74, 6) is 2.22. The van der Waals surface area contributed by atoms with Crippen molar-refractivity contribution in [1.82, 2.24) is 0 Å². The van der Waals surface area contributed by atoms with Crippen molar-refractivity contribution >= 4 is 0 Å². The lowest BCUT2D eigenvalue weighted by atomic mass is 9.82. The van der Waals surface area contributed by atoms with E-state index in [9.17, 15) is 0 Å². The van der Waals surface area contributed by atoms with Crippen LogP contribution in [0, 0.1) is 17.8 Å². The number of rotatable bonds is 2. The Bertz CT molecular complexity index is 124. The van der Waals surface area contributed by atoms with Gasteiger partial charge in [-0.1, -0.05) is 34.1 Å². The third-order valence-electron chi connectivity index (χ3n) is 3.18. The van der Waals surface area contributed by atoms with Crippen LogP contribution in [0.4, 0.5) is 0 Å². The summed E-state index contributed by atoms with van der Waals surface area (Å²) in [4.78, 5) is 0. The molecule has 78 valence electrons. The molecule has 1 fully saturated rings. The van der Waals surface area contributed by atoms with E-state index in [0.717, 1.165) is 18.4 Å². The highest BCUT2D eigenvalue weighted by Gasteiger charge is 2.29. The molecule has 1 aliphatic heterocycles. The second-order valence-electron chi connectivity index (χ2n) is 4.98. The van der Waals surface area contributed by atoms with Crippen LogP contribution >= 0.6 is 0 Å². The van der Waals surface area contributed by atoms with Crippen molar-refractivity contribution in [3.8, 4) is 0 Å². The van der Waals surface area contributed by atoms with Crippen molar-refractivity contribution in [3.05, 3.63) is 0 Å². The molecule has 1 nitrogen and oxygen atoms in total. The van der Waals surface area contributed by atoms with Gasteiger partial charge in [0, 0.05) is 6.61 Å². The SMILES string of the molecule is CC(C)C1CCCCOC1C(C)C. The maximum Gasteiger partial charge on any atom is 0.0628 e. The lowest BCUT2D eigenvalue weighted by molar-refractivity contribution is -0.0192. The average molecular weight is 184 g/mol. The van der Waals surface area contributed by atoms with Gasteiger partial charge in [-0.2, -0.15) is 0 Å². The minimum atomic E-state index is 0.502. The van der Waals surface area contributed by atoms with Crippen LogP contribution in [0.2, 0.25) is 0 Å². The smallest absolute Gasteiger partial charge is 0.0628 e. The summed E-state index contributed by atoms with van der Waals surface area (Å²) in [5.41, 5.74) is 0. The Hall–Kier alpha value is -0.0400. The third-order valence-corrected chi connectivity index (χ3v) is 3.18. The fourth-order valence-corrected chi connectivity index (χ4v) is 2.39. The van der Waals surface area contributed by atoms with E-state index in [1.165, 1.54) is 19.3 Å². The number of hydrogen-bond donors (Lipinski definition) is 0. The van der Waals surface area contributed by atoms with Gasteiger partial charge < -0.3 is 4.74 Å². The first kappa shape index (κ1) is 11.0. The van der Waals surface area contributed by atoms with Crippen LogP contribution < -0.4 is 0 Å². The molecule has 0 spiro atoms. The molecule has 0 saturated carbocycles. The van der Waals surface area contributed by atoms with E-state index in [4.69, 9.17) is 4.74 Å². The molecule has 0 aromatic rings. The van der Waals surface area contributed by atoms with Crippen molar-refractivity contribution in [2.45, 2.75) is 53.1 Å². The van der Waals surface area contributed by atoms with Crippen molar-refractivity contribution < 1.29 is 4.74 Å². The molecule has 2 atom stereocenters. The van der Waals surface area contributed by atoms with Crippen LogP contribution in [0.1, 0.15) is 47.0 Å². The van der Waals surface area contributed by atoms with Crippen molar-refractivity contribution in [2.75, 3.05) is 6.61 Å². The summed E-state index contributed by atoms with van der Waals surface area (Å²) < 4.78 is 5.94. The molecule has 0 amide bonds. The van der Waals surface area contributed by atoms with Gasteiger partial charge in [-0.15, -0.1) is 0 Å². The van der Waals surface area contributed by atoms with E-state index >= 15 is 0 Å². The molecule has 1 heteroatoms. The normalized spacial score (nSPS) is 30.9. The van der Waals surface area contributed by atoms with Crippen LogP contribution in [0.3, 0.4) is 0 Å². The van der Waals surface area contributed by atoms with Gasteiger partial charge in [0.15, 0.2) is 0 Å². The quantitative estimate of drug-likeness (QED) is 0.638. The van der Waals surface area contributed by atoms with Crippen molar-refractivity contribution in [1.29, 1.82) is 0 Å². The maximum absolute atomic E-state index is 5.94. The Morgan fingerprint density at radius 2 is 1.69 bits per heavy atom. The highest BCUT2D eigenvalue weighted by molar-refractivity contribution is 4.78. The van der Waals surface area contributed by atoms with Gasteiger partial charge in [0.05, 0.1) is 6.10 Å². The molecule has 2 unspecified atom stereocenters. The van der Waals surface area contributed by atoms with E-state index in [1.807, 2.05) is 0 Å². The first-order valence-corrected chi connectivity index (χ1v) is 5.74. The Morgan fingerprint density at radius 3 is 2.23 bits per heavy atom. The van der Waals surface area contributed by atoms with Gasteiger partial charge in [-0.25, -0.2) is 0 Å². The Morgan fingerprint density at radius 1 is 1.00 bits per heavy atom. The second kappa shape index (κ2) is 4.99. The summed E-state index contributed by atoms with van der Waals surface area (Å²) in [7, 11) is 0. The number of ether oxygens (including phenoxy) is 1. The molecule has 1 heterocycles. The first-order valence-electron chi connectivity index (χ1n) is 5.74. The van der Waals surface area contributed by atoms with E-state index in [2.05, 4.69) is 27.7 Å². The zero-order valence-electron chi connectivity index (χ0n) is 9.55. The molecule has 1 rings (SSSR count). The molecule has 0 bridgehead atoms. The average Bonchev–Trinajstić information content (AvgIpc) is 2.27. The fraction of sp³-hybridized carbons (Fsp3) is 1.00. The van der Waals surface area contributed by atoms with Gasteiger partial charge in [-0.05, 0) is 30.6 Å². The Balaban J connectivity index is 2.61. The monoisotopic (exact) mass is 184 g/mol. The van der Waals surface area contributed by atoms with Gasteiger partial charge in [0.1, 0.15) is 0 Å². The van der Waals surface area contributed by atoms with Crippen molar-refractivity contribution in [2.24, 2.45) is 17.8 Å². The third kappa shape index (κ3) is 2.98. The van der Waals surface area contributed by atoms with E-state index in [-0.39, 0.29) is 0 Å². The summed E-state index contributed by atoms with van der Waals surface area (Å²) in [6.07, 6.45) is 4.47. The lowest BCUT2D eigenvalue weighted by Gasteiger charge is -2.30. The molecular formula is C12H24O. The summed E-state index contributed by atoms with van der Waals surface area (Å²) in [6, 6.07) is 0. The van der Waals surface area contributed by atoms with Gasteiger partial charge >= 0.3 is 0 Å². The highest BCUT2D eigenvalue weighted by Crippen LogP contribution is 2.30. The van der Waals surface area contributed by atoms with Crippen molar-refractivity contribution in [3.63, 3.8) is 0 Å². The molecular weight excluding hydrogens is 160 g/mol. The molecule has 0 N–H and O–H groups in total. The predicted molar refractivity (Wildman–Crippen MR) is 56.8 cm³/mol. The molecule has 0 radical (unpaired) electrons. The molecule has 13 heavy (non-hydrogen) atoms. The zero-order valence-corrected chi connectivity index (χ0v) is 9.55. The molecule has 1 aliphatic rings. The topological polar surface area (TPSA) is 9.23 Å². The zero-order chi connectivity index (χ0) is 9.84. The van der Waals surface area contributed by atoms with Crippen LogP contribution in [0.25, 0.3) is 0 Å². The predicted octanol–water partition coefficient (Wildman–Crippen LogP) is 3.48. The van der Waals surface area contributed by atoms with Gasteiger partial charge in [0.25, 0.3) is 0 Å². The highest BCUT2D eigenvalue weighted by atomic mass is 16.5. The standard InChI is InChI=1S/C12H24O/c1-9(2)11-7-5-6-8-13-12(11)10(3)4/h9-12H,5-8H2,1-4H3. The van der Waals surface area contributed by atoms with Gasteiger partial charge in [-0.3, -0.25) is 0 Å². The minimum Gasteiger partial charge on any atom is -0.378 e. The van der Waals surface area contributed by atoms with E-state index in [1.54, 1.807) is 0 Å². The van der Waals surface area contributed by atoms with Crippen LogP contribution in [0.5, 0.6) is 0 Å². The molecule has 0 aromatic carbocycles. The fourth-order valence-electron chi connectivity index (χ4n) is 2.39. The Labute approximate surface area is 82.9 Å². The first-order chi connectivity index (χ1) is 6.13. The summed E-state index contributed by atoms with van der Waals surface area (Å²) in [6.45, 7) is 10.2. The van der Waals surface area contributed by atoms with Crippen LogP contribution in [-0.4, -0.2) is 12.7 Å². The summed E-state index contributed by atoms with van der Waals surface area (Å²) >= 11 is 0. The minimum absolute atomic E-state index is 0.502. The molecule has 0 aromatic heterocycles. The van der Waals surface area contributed by atoms with Gasteiger partial charge in [0.2, 0.25) is 0 Å². The lowest BCUT2D eigenvalue weighted by Crippen LogP contribution is -2.31. The maximum atomic E-state index is 5.94. The molecule has 0 aliphatic carbocycles. The van der Waals surface area contributed by atoms with E-state index in [0.29, 0.717) is 12.0 Å². The Kier molecular flexibility index (Phi) is 4.24. The largest absolute Gasteiger partial charge is 0.378 e. The second-order valence-corrected chi connectivity index (χ2v) is 4.98. The summed E-state index contributed by atoms with van der Waals surface area (Å²) in [5, 5.41) is 0. The molecule has 1 saturated heterocycles. The number of hydrogen-bond acceptors (Lipinski definition) is 1. The van der Waals surface area contributed by atoms with Crippen LogP contribution in [0.15, 0.2) is 0 Å². The van der Waals surface area contributed by atoms with E-state index < -0.39 is 0 Å².